The van der Waals surface area contributed by atoms with E-state index < -0.39 is 0 Å². The highest BCUT2D eigenvalue weighted by Crippen LogP contribution is 2.39. The summed E-state index contributed by atoms with van der Waals surface area (Å²) < 4.78 is 5.89. The first-order valence-electron chi connectivity index (χ1n) is 8.92. The van der Waals surface area contributed by atoms with Gasteiger partial charge in [-0.25, -0.2) is 10.4 Å². The Morgan fingerprint density at radius 3 is 2.59 bits per heavy atom. The zero-order valence-electron chi connectivity index (χ0n) is 14.9. The first-order chi connectivity index (χ1) is 14.1. The molecule has 0 bridgehead atoms. The molecule has 0 aliphatic carbocycles. The molecule has 2 aliphatic heterocycles. The molecule has 146 valence electrons. The predicted octanol–water partition coefficient (Wildman–Crippen LogP) is 5.26. The van der Waals surface area contributed by atoms with Crippen molar-refractivity contribution >= 4 is 46.9 Å². The van der Waals surface area contributed by atoms with Crippen LogP contribution in [0.25, 0.3) is 17.4 Å². The number of hydrogen-bond donors (Lipinski definition) is 2. The van der Waals surface area contributed by atoms with Gasteiger partial charge in [0.2, 0.25) is 0 Å². The van der Waals surface area contributed by atoms with Gasteiger partial charge in [-0.3, -0.25) is 10.1 Å². The minimum absolute atomic E-state index is 0.0993. The van der Waals surface area contributed by atoms with E-state index in [-0.39, 0.29) is 17.6 Å². The van der Waals surface area contributed by atoms with E-state index in [0.717, 1.165) is 11.1 Å². The second-order valence-electron chi connectivity index (χ2n) is 6.65. The van der Waals surface area contributed by atoms with Crippen molar-refractivity contribution in [3.63, 3.8) is 0 Å². The van der Waals surface area contributed by atoms with Crippen LogP contribution in [0.3, 0.4) is 0 Å². The number of carbonyl (C=O) groups is 1. The minimum atomic E-state index is -0.194. The molecule has 2 aromatic carbocycles. The van der Waals surface area contributed by atoms with Crippen molar-refractivity contribution in [1.82, 2.24) is 15.8 Å². The molecule has 1 amide bonds. The summed E-state index contributed by atoms with van der Waals surface area (Å²) in [5, 5.41) is 6.30. The molecule has 2 saturated heterocycles. The van der Waals surface area contributed by atoms with Crippen molar-refractivity contribution in [3.05, 3.63) is 86.9 Å². The molecule has 2 unspecified atom stereocenters. The molecule has 29 heavy (non-hydrogen) atoms. The van der Waals surface area contributed by atoms with Crippen LogP contribution in [0.4, 0.5) is 0 Å². The fourth-order valence-corrected chi connectivity index (χ4v) is 4.79. The molecular weight excluding hydrogens is 429 g/mol. The van der Waals surface area contributed by atoms with Gasteiger partial charge in [0, 0.05) is 21.7 Å². The van der Waals surface area contributed by atoms with Crippen molar-refractivity contribution in [3.8, 4) is 11.3 Å². The average Bonchev–Trinajstić information content (AvgIpc) is 3.40. The molecular formula is C21H15Cl2N3O2S. The number of nitrogens with one attached hydrogen (secondary N) is 2. The number of fused-ring (bicyclic) bond motifs is 1. The van der Waals surface area contributed by atoms with Crippen LogP contribution in [0.5, 0.6) is 0 Å². The van der Waals surface area contributed by atoms with Gasteiger partial charge >= 0.3 is 0 Å². The summed E-state index contributed by atoms with van der Waals surface area (Å²) >= 11 is 13.6. The summed E-state index contributed by atoms with van der Waals surface area (Å²) in [4.78, 5) is 13.4. The summed E-state index contributed by atoms with van der Waals surface area (Å²) in [7, 11) is 0. The van der Waals surface area contributed by atoms with Crippen molar-refractivity contribution in [1.29, 1.82) is 0 Å². The zero-order valence-corrected chi connectivity index (χ0v) is 17.3. The van der Waals surface area contributed by atoms with Crippen LogP contribution >= 0.6 is 35.0 Å². The third-order valence-corrected chi connectivity index (χ3v) is 6.26. The molecule has 2 fully saturated rings. The Hall–Kier alpha value is -2.22. The molecule has 0 saturated carbocycles. The molecule has 8 heteroatoms. The number of benzene rings is 2. The van der Waals surface area contributed by atoms with Gasteiger partial charge in [0.05, 0.1) is 4.91 Å². The lowest BCUT2D eigenvalue weighted by atomic mass is 10.2. The summed E-state index contributed by atoms with van der Waals surface area (Å²) in [6, 6.07) is 18.7. The van der Waals surface area contributed by atoms with Gasteiger partial charge in [-0.1, -0.05) is 59.2 Å². The van der Waals surface area contributed by atoms with Crippen LogP contribution in [-0.4, -0.2) is 16.4 Å². The molecule has 2 N–H and O–H groups in total. The Morgan fingerprint density at radius 2 is 1.83 bits per heavy atom. The number of thioether (sulfide) groups is 1. The molecule has 1 aromatic heterocycles. The van der Waals surface area contributed by atoms with E-state index in [9.17, 15) is 4.79 Å². The van der Waals surface area contributed by atoms with E-state index >= 15 is 0 Å². The molecule has 5 rings (SSSR count). The van der Waals surface area contributed by atoms with Gasteiger partial charge in [-0.05, 0) is 42.0 Å². The SMILES string of the molecule is O=C1C(=Cc2ccc(-c3cccc(Cl)c3)o2)SC2NC(c3cccc(Cl)c3)NN12. The van der Waals surface area contributed by atoms with Gasteiger partial charge in [-0.15, -0.1) is 0 Å². The maximum absolute atomic E-state index is 12.8. The molecule has 3 aromatic rings. The molecule has 2 atom stereocenters. The standard InChI is InChI=1S/C21H15Cl2N3O2S/c22-14-5-1-3-12(9-14)17-8-7-16(28-17)11-18-20(27)26-21(29-18)24-19(25-26)13-4-2-6-15(23)10-13/h1-11,19,21,24-25H. The fraction of sp³-hybridized carbons (Fsp3) is 0.0952. The summed E-state index contributed by atoms with van der Waals surface area (Å²) in [6.07, 6.45) is 1.59. The maximum atomic E-state index is 12.8. The second kappa shape index (κ2) is 7.55. The van der Waals surface area contributed by atoms with E-state index in [1.165, 1.54) is 11.8 Å². The van der Waals surface area contributed by atoms with Gasteiger partial charge in [-0.2, -0.15) is 0 Å². The summed E-state index contributed by atoms with van der Waals surface area (Å²) in [5.41, 5.74) is 4.88. The van der Waals surface area contributed by atoms with Crippen LogP contribution in [-0.2, 0) is 4.79 Å². The first-order valence-corrected chi connectivity index (χ1v) is 10.6. The van der Waals surface area contributed by atoms with Crippen LogP contribution in [0.15, 0.2) is 70.0 Å². The van der Waals surface area contributed by atoms with Crippen LogP contribution in [0, 0.1) is 0 Å². The Labute approximate surface area is 181 Å². The predicted molar refractivity (Wildman–Crippen MR) is 116 cm³/mol. The quantitative estimate of drug-likeness (QED) is 0.540. The van der Waals surface area contributed by atoms with E-state index in [2.05, 4.69) is 10.7 Å². The highest BCUT2D eigenvalue weighted by Gasteiger charge is 2.43. The smallest absolute Gasteiger partial charge is 0.276 e. The Balaban J connectivity index is 1.32. The normalized spacial score (nSPS) is 22.5. The number of nitrogens with zero attached hydrogens (tertiary/aromatic N) is 1. The second-order valence-corrected chi connectivity index (χ2v) is 8.65. The van der Waals surface area contributed by atoms with E-state index in [4.69, 9.17) is 27.6 Å². The third-order valence-electron chi connectivity index (χ3n) is 4.67. The maximum Gasteiger partial charge on any atom is 0.276 e. The Morgan fingerprint density at radius 1 is 1.03 bits per heavy atom. The highest BCUT2D eigenvalue weighted by atomic mass is 35.5. The molecule has 5 nitrogen and oxygen atoms in total. The van der Waals surface area contributed by atoms with Crippen molar-refractivity contribution < 1.29 is 9.21 Å². The fourth-order valence-electron chi connectivity index (χ4n) is 3.31. The lowest BCUT2D eigenvalue weighted by Crippen LogP contribution is -2.37. The van der Waals surface area contributed by atoms with E-state index in [1.54, 1.807) is 11.1 Å². The molecule has 3 heterocycles. The zero-order chi connectivity index (χ0) is 20.0. The Kier molecular flexibility index (Phi) is 4.89. The molecule has 2 aliphatic rings. The van der Waals surface area contributed by atoms with Crippen LogP contribution in [0.2, 0.25) is 10.0 Å². The van der Waals surface area contributed by atoms with E-state index in [1.807, 2.05) is 60.7 Å². The first kappa shape index (κ1) is 18.8. The third kappa shape index (κ3) is 3.70. The van der Waals surface area contributed by atoms with Crippen molar-refractivity contribution in [2.75, 3.05) is 0 Å². The van der Waals surface area contributed by atoms with Crippen LogP contribution < -0.4 is 10.7 Å². The monoisotopic (exact) mass is 443 g/mol. The topological polar surface area (TPSA) is 57.5 Å². The largest absolute Gasteiger partial charge is 0.457 e. The van der Waals surface area contributed by atoms with E-state index in [0.29, 0.717) is 26.5 Å². The number of halogens is 2. The molecule has 0 radical (unpaired) electrons. The lowest BCUT2D eigenvalue weighted by Gasteiger charge is -2.14. The number of amides is 1. The Bertz CT molecular complexity index is 1130. The number of rotatable bonds is 3. The number of carbonyl (C=O) groups excluding carboxylic acids is 1. The summed E-state index contributed by atoms with van der Waals surface area (Å²) in [6.45, 7) is 0. The van der Waals surface area contributed by atoms with Crippen LogP contribution in [0.1, 0.15) is 17.5 Å². The molecule has 0 spiro atoms. The van der Waals surface area contributed by atoms with Gasteiger partial charge in [0.1, 0.15) is 17.7 Å². The lowest BCUT2D eigenvalue weighted by molar-refractivity contribution is -0.127. The summed E-state index contributed by atoms with van der Waals surface area (Å²) in [5.74, 6) is 1.22. The van der Waals surface area contributed by atoms with Crippen molar-refractivity contribution in [2.24, 2.45) is 0 Å². The van der Waals surface area contributed by atoms with Gasteiger partial charge < -0.3 is 4.42 Å². The number of hydrogen-bond acceptors (Lipinski definition) is 5. The number of hydrazine groups is 1. The highest BCUT2D eigenvalue weighted by molar-refractivity contribution is 8.05. The average molecular weight is 444 g/mol. The minimum Gasteiger partial charge on any atom is -0.457 e. The van der Waals surface area contributed by atoms with Gasteiger partial charge in [0.15, 0.2) is 5.50 Å². The number of furan rings is 1. The van der Waals surface area contributed by atoms with Crippen molar-refractivity contribution in [2.45, 2.75) is 11.7 Å². The van der Waals surface area contributed by atoms with Gasteiger partial charge in [0.25, 0.3) is 5.91 Å².